The highest BCUT2D eigenvalue weighted by Gasteiger charge is 2.55. The van der Waals surface area contributed by atoms with Crippen molar-refractivity contribution in [2.75, 3.05) is 4.31 Å². The molecule has 0 saturated carbocycles. The molecule has 4 nitrogen and oxygen atoms in total. The summed E-state index contributed by atoms with van der Waals surface area (Å²) in [6.45, 7) is 2.00. The van der Waals surface area contributed by atoms with Gasteiger partial charge in [-0.25, -0.2) is 8.42 Å². The van der Waals surface area contributed by atoms with Crippen molar-refractivity contribution in [3.8, 4) is 0 Å². The highest BCUT2D eigenvalue weighted by molar-refractivity contribution is 7.92. The molecular weight excluding hydrogens is 334 g/mol. The SMILES string of the molecule is CC1=CC[C@@H]2N(S(=O)(=O)c3ccccc3)c3ccccc3[C@]2(C=O)C1. The molecule has 0 unspecified atom stereocenters. The molecule has 4 rings (SSSR count). The Hall–Kier alpha value is -2.40. The fourth-order valence-electron chi connectivity index (χ4n) is 4.17. The van der Waals surface area contributed by atoms with E-state index in [-0.39, 0.29) is 4.90 Å². The van der Waals surface area contributed by atoms with Gasteiger partial charge in [-0.3, -0.25) is 4.31 Å². The van der Waals surface area contributed by atoms with Crippen molar-refractivity contribution >= 4 is 22.0 Å². The van der Waals surface area contributed by atoms with Gasteiger partial charge in [0.05, 0.1) is 22.0 Å². The molecule has 2 atom stereocenters. The predicted molar refractivity (Wildman–Crippen MR) is 97.1 cm³/mol. The third kappa shape index (κ3) is 2.19. The van der Waals surface area contributed by atoms with Gasteiger partial charge in [0.2, 0.25) is 0 Å². The second-order valence-electron chi connectivity index (χ2n) is 6.77. The second kappa shape index (κ2) is 5.56. The van der Waals surface area contributed by atoms with Gasteiger partial charge in [-0.15, -0.1) is 0 Å². The Labute approximate surface area is 147 Å². The van der Waals surface area contributed by atoms with E-state index in [0.717, 1.165) is 17.4 Å². The van der Waals surface area contributed by atoms with E-state index in [4.69, 9.17) is 0 Å². The zero-order chi connectivity index (χ0) is 17.7. The van der Waals surface area contributed by atoms with Crippen LogP contribution in [-0.2, 0) is 20.2 Å². The van der Waals surface area contributed by atoms with Crippen molar-refractivity contribution in [3.05, 3.63) is 71.8 Å². The lowest BCUT2D eigenvalue weighted by molar-refractivity contribution is -0.113. The molecule has 5 heteroatoms. The summed E-state index contributed by atoms with van der Waals surface area (Å²) in [7, 11) is -3.74. The molecule has 0 aromatic heterocycles. The Morgan fingerprint density at radius 3 is 2.48 bits per heavy atom. The first-order valence-corrected chi connectivity index (χ1v) is 9.76. The average molecular weight is 353 g/mol. The molecule has 0 radical (unpaired) electrons. The molecule has 1 aliphatic carbocycles. The standard InChI is InChI=1S/C20H19NO3S/c1-15-11-12-19-20(13-15,14-22)17-9-5-6-10-18(17)21(19)25(23,24)16-7-3-2-4-8-16/h2-11,14,19H,12-13H2,1H3/t19-,20+/m0/s1. The Kier molecular flexibility index (Phi) is 3.58. The van der Waals surface area contributed by atoms with E-state index in [2.05, 4.69) is 0 Å². The fourth-order valence-corrected chi connectivity index (χ4v) is 5.92. The zero-order valence-corrected chi connectivity index (χ0v) is 14.7. The first kappa shape index (κ1) is 16.1. The van der Waals surface area contributed by atoms with E-state index in [0.29, 0.717) is 18.5 Å². The largest absolute Gasteiger partial charge is 0.302 e. The lowest BCUT2D eigenvalue weighted by atomic mass is 9.69. The molecule has 0 spiro atoms. The number of carbonyl (C=O) groups is 1. The summed E-state index contributed by atoms with van der Waals surface area (Å²) in [5.41, 5.74) is 1.74. The Bertz CT molecular complexity index is 965. The van der Waals surface area contributed by atoms with Crippen LogP contribution in [0.2, 0.25) is 0 Å². The number of carbonyl (C=O) groups excluding carboxylic acids is 1. The van der Waals surface area contributed by atoms with Gasteiger partial charge < -0.3 is 4.79 Å². The minimum Gasteiger partial charge on any atom is -0.302 e. The van der Waals surface area contributed by atoms with Crippen LogP contribution in [0.3, 0.4) is 0 Å². The molecule has 2 aromatic rings. The smallest absolute Gasteiger partial charge is 0.264 e. The van der Waals surface area contributed by atoms with E-state index < -0.39 is 21.5 Å². The van der Waals surface area contributed by atoms with Gasteiger partial charge in [0, 0.05) is 0 Å². The number of allylic oxidation sites excluding steroid dienone is 1. The van der Waals surface area contributed by atoms with E-state index in [1.807, 2.05) is 31.2 Å². The fraction of sp³-hybridized carbons (Fsp3) is 0.250. The number of sulfonamides is 1. The molecule has 0 N–H and O–H groups in total. The lowest BCUT2D eigenvalue weighted by Crippen LogP contribution is -2.49. The summed E-state index contributed by atoms with van der Waals surface area (Å²) in [4.78, 5) is 12.5. The van der Waals surface area contributed by atoms with Crippen LogP contribution in [0.15, 0.2) is 71.1 Å². The second-order valence-corrected chi connectivity index (χ2v) is 8.58. The molecule has 128 valence electrons. The van der Waals surface area contributed by atoms with Crippen molar-refractivity contribution in [2.45, 2.75) is 36.1 Å². The van der Waals surface area contributed by atoms with Crippen LogP contribution in [0.4, 0.5) is 5.69 Å². The van der Waals surface area contributed by atoms with Gasteiger partial charge in [-0.05, 0) is 43.5 Å². The summed E-state index contributed by atoms with van der Waals surface area (Å²) in [6, 6.07) is 15.4. The van der Waals surface area contributed by atoms with Crippen molar-refractivity contribution in [1.82, 2.24) is 0 Å². The van der Waals surface area contributed by atoms with Crippen LogP contribution in [0, 0.1) is 0 Å². The number of para-hydroxylation sites is 1. The van der Waals surface area contributed by atoms with Crippen LogP contribution in [0.25, 0.3) is 0 Å². The molecule has 1 aliphatic heterocycles. The number of fused-ring (bicyclic) bond motifs is 3. The maximum Gasteiger partial charge on any atom is 0.264 e. The third-order valence-corrected chi connectivity index (χ3v) is 7.13. The third-order valence-electron chi connectivity index (χ3n) is 5.29. The zero-order valence-electron chi connectivity index (χ0n) is 13.9. The number of nitrogens with zero attached hydrogens (tertiary/aromatic N) is 1. The maximum absolute atomic E-state index is 13.4. The average Bonchev–Trinajstić information content (AvgIpc) is 2.93. The molecule has 25 heavy (non-hydrogen) atoms. The summed E-state index contributed by atoms with van der Waals surface area (Å²) < 4.78 is 28.2. The predicted octanol–water partition coefficient (Wildman–Crippen LogP) is 3.44. The summed E-state index contributed by atoms with van der Waals surface area (Å²) in [6.07, 6.45) is 4.09. The van der Waals surface area contributed by atoms with Gasteiger partial charge in [0.15, 0.2) is 0 Å². The number of rotatable bonds is 3. The highest BCUT2D eigenvalue weighted by atomic mass is 32.2. The van der Waals surface area contributed by atoms with E-state index in [1.165, 1.54) is 4.31 Å². The van der Waals surface area contributed by atoms with Crippen LogP contribution in [0.5, 0.6) is 0 Å². The summed E-state index contributed by atoms with van der Waals surface area (Å²) in [5, 5.41) is 0. The maximum atomic E-state index is 13.4. The molecule has 2 aromatic carbocycles. The number of anilines is 1. The van der Waals surface area contributed by atoms with Crippen molar-refractivity contribution in [1.29, 1.82) is 0 Å². The van der Waals surface area contributed by atoms with Crippen LogP contribution in [-0.4, -0.2) is 20.7 Å². The molecule has 2 aliphatic rings. The topological polar surface area (TPSA) is 54.5 Å². The van der Waals surface area contributed by atoms with Gasteiger partial charge >= 0.3 is 0 Å². The first-order chi connectivity index (χ1) is 12.0. The van der Waals surface area contributed by atoms with Crippen LogP contribution < -0.4 is 4.31 Å². The first-order valence-electron chi connectivity index (χ1n) is 8.32. The summed E-state index contributed by atoms with van der Waals surface area (Å²) in [5.74, 6) is 0. The number of aldehydes is 1. The molecule has 1 heterocycles. The van der Waals surface area contributed by atoms with Crippen molar-refractivity contribution in [3.63, 3.8) is 0 Å². The quantitative estimate of drug-likeness (QED) is 0.627. The molecule has 0 amide bonds. The number of hydrogen-bond acceptors (Lipinski definition) is 3. The lowest BCUT2D eigenvalue weighted by Gasteiger charge is -2.37. The van der Waals surface area contributed by atoms with E-state index in [1.54, 1.807) is 36.4 Å². The minimum absolute atomic E-state index is 0.248. The van der Waals surface area contributed by atoms with Crippen molar-refractivity contribution in [2.24, 2.45) is 0 Å². The Balaban J connectivity index is 1.96. The molecule has 0 saturated heterocycles. The van der Waals surface area contributed by atoms with Crippen LogP contribution in [0.1, 0.15) is 25.3 Å². The van der Waals surface area contributed by atoms with Gasteiger partial charge in [0.1, 0.15) is 6.29 Å². The highest BCUT2D eigenvalue weighted by Crippen LogP contribution is 2.52. The number of hydrogen-bond donors (Lipinski definition) is 0. The molecular formula is C20H19NO3S. The van der Waals surface area contributed by atoms with E-state index in [9.17, 15) is 13.2 Å². The minimum atomic E-state index is -3.74. The normalized spacial score (nSPS) is 25.1. The summed E-state index contributed by atoms with van der Waals surface area (Å²) >= 11 is 0. The van der Waals surface area contributed by atoms with Gasteiger partial charge in [-0.1, -0.05) is 48.0 Å². The Morgan fingerprint density at radius 1 is 1.08 bits per heavy atom. The molecule has 0 bridgehead atoms. The molecule has 0 fully saturated rings. The van der Waals surface area contributed by atoms with Crippen LogP contribution >= 0.6 is 0 Å². The number of benzene rings is 2. The van der Waals surface area contributed by atoms with Gasteiger partial charge in [0.25, 0.3) is 10.0 Å². The van der Waals surface area contributed by atoms with Crippen molar-refractivity contribution < 1.29 is 13.2 Å². The van der Waals surface area contributed by atoms with E-state index >= 15 is 0 Å². The van der Waals surface area contributed by atoms with Gasteiger partial charge in [-0.2, -0.15) is 0 Å². The Morgan fingerprint density at radius 2 is 1.76 bits per heavy atom. The monoisotopic (exact) mass is 353 g/mol.